The number of methoxy groups -OCH3 is 1. The van der Waals surface area contributed by atoms with E-state index < -0.39 is 0 Å². The first kappa shape index (κ1) is 17.1. The first-order valence-electron chi connectivity index (χ1n) is 7.20. The topological polar surface area (TPSA) is 27.1 Å². The molecule has 0 atom stereocenters. The van der Waals surface area contributed by atoms with Gasteiger partial charge in [-0.1, -0.05) is 47.4 Å². The number of halogens is 1. The summed E-state index contributed by atoms with van der Waals surface area (Å²) >= 11 is 8.43. The second kappa shape index (κ2) is 7.46. The third-order valence-corrected chi connectivity index (χ3v) is 5.89. The molecule has 0 aliphatic carbocycles. The highest BCUT2D eigenvalue weighted by molar-refractivity contribution is 8.00. The molecule has 24 heavy (non-hydrogen) atoms. The van der Waals surface area contributed by atoms with Crippen molar-refractivity contribution in [1.82, 2.24) is 9.78 Å². The van der Waals surface area contributed by atoms with Crippen LogP contribution in [0.1, 0.15) is 11.1 Å². The highest BCUT2D eigenvalue weighted by atomic mass is 32.2. The summed E-state index contributed by atoms with van der Waals surface area (Å²) < 4.78 is 22.0. The van der Waals surface area contributed by atoms with Crippen LogP contribution < -0.4 is 4.74 Å². The number of aromatic nitrogens is 2. The average Bonchev–Trinajstić information content (AvgIpc) is 2.94. The van der Waals surface area contributed by atoms with E-state index in [-0.39, 0.29) is 11.6 Å². The maximum absolute atomic E-state index is 13.7. The normalized spacial score (nSPS) is 10.8. The molecule has 0 unspecified atom stereocenters. The van der Waals surface area contributed by atoms with E-state index in [4.69, 9.17) is 17.0 Å². The molecule has 0 fully saturated rings. The van der Waals surface area contributed by atoms with Gasteiger partial charge in [0, 0.05) is 5.75 Å². The van der Waals surface area contributed by atoms with E-state index in [0.29, 0.717) is 9.71 Å². The van der Waals surface area contributed by atoms with Gasteiger partial charge in [-0.15, -0.1) is 5.10 Å². The zero-order valence-electron chi connectivity index (χ0n) is 13.2. The largest absolute Gasteiger partial charge is 0.494 e. The molecular formula is C17H15FN2OS3. The lowest BCUT2D eigenvalue weighted by Gasteiger charge is -2.05. The fourth-order valence-corrected chi connectivity index (χ4v) is 4.51. The Morgan fingerprint density at radius 2 is 2.08 bits per heavy atom. The second-order valence-electron chi connectivity index (χ2n) is 5.09. The van der Waals surface area contributed by atoms with Crippen molar-refractivity contribution >= 4 is 35.3 Å². The minimum Gasteiger partial charge on any atom is -0.494 e. The minimum atomic E-state index is -0.353. The van der Waals surface area contributed by atoms with Gasteiger partial charge in [0.25, 0.3) is 0 Å². The highest BCUT2D eigenvalue weighted by Gasteiger charge is 2.09. The van der Waals surface area contributed by atoms with E-state index in [2.05, 4.69) is 5.10 Å². The van der Waals surface area contributed by atoms with Gasteiger partial charge in [-0.05, 0) is 48.5 Å². The minimum absolute atomic E-state index is 0.253. The molecule has 7 heteroatoms. The summed E-state index contributed by atoms with van der Waals surface area (Å²) in [5, 5.41) is 4.59. The smallest absolute Gasteiger partial charge is 0.184 e. The van der Waals surface area contributed by atoms with E-state index >= 15 is 0 Å². The molecule has 0 amide bonds. The Morgan fingerprint density at radius 3 is 2.79 bits per heavy atom. The predicted octanol–water partition coefficient (Wildman–Crippen LogP) is 5.41. The summed E-state index contributed by atoms with van der Waals surface area (Å²) in [6.45, 7) is 2.03. The molecule has 1 aromatic heterocycles. The van der Waals surface area contributed by atoms with Gasteiger partial charge >= 0.3 is 0 Å². The van der Waals surface area contributed by atoms with Crippen LogP contribution in [-0.4, -0.2) is 16.9 Å². The SMILES string of the molecule is COc1ccc(CSc2nn(-c3ccccc3C)c(=S)s2)cc1F. The van der Waals surface area contributed by atoms with Crippen LogP contribution in [0.5, 0.6) is 5.75 Å². The van der Waals surface area contributed by atoms with Crippen molar-refractivity contribution in [2.75, 3.05) is 7.11 Å². The lowest BCUT2D eigenvalue weighted by atomic mass is 10.2. The molecular weight excluding hydrogens is 363 g/mol. The highest BCUT2D eigenvalue weighted by Crippen LogP contribution is 2.29. The molecule has 0 aliphatic rings. The van der Waals surface area contributed by atoms with Gasteiger partial charge in [0.15, 0.2) is 19.9 Å². The Labute approximate surface area is 153 Å². The number of hydrogen-bond donors (Lipinski definition) is 0. The van der Waals surface area contributed by atoms with Crippen LogP contribution in [0.2, 0.25) is 0 Å². The van der Waals surface area contributed by atoms with Gasteiger partial charge in [-0.25, -0.2) is 9.07 Å². The van der Waals surface area contributed by atoms with Crippen molar-refractivity contribution in [2.24, 2.45) is 0 Å². The van der Waals surface area contributed by atoms with E-state index in [9.17, 15) is 4.39 Å². The third kappa shape index (κ3) is 3.68. The summed E-state index contributed by atoms with van der Waals surface area (Å²) in [4.78, 5) is 0. The standard InChI is InChI=1S/C17H15FN2OS3/c1-11-5-3-4-6-14(11)20-17(22)24-16(19-20)23-10-12-7-8-15(21-2)13(18)9-12/h3-9H,10H2,1-2H3. The lowest BCUT2D eigenvalue weighted by molar-refractivity contribution is 0.386. The number of ether oxygens (including phenoxy) is 1. The molecule has 0 saturated heterocycles. The molecule has 124 valence electrons. The zero-order valence-corrected chi connectivity index (χ0v) is 15.6. The number of aryl methyl sites for hydroxylation is 1. The van der Waals surface area contributed by atoms with Gasteiger partial charge in [0.2, 0.25) is 0 Å². The fraction of sp³-hybridized carbons (Fsp3) is 0.176. The molecule has 0 N–H and O–H groups in total. The predicted molar refractivity (Wildman–Crippen MR) is 99.5 cm³/mol. The molecule has 0 saturated carbocycles. The van der Waals surface area contributed by atoms with Crippen molar-refractivity contribution < 1.29 is 9.13 Å². The number of hydrogen-bond acceptors (Lipinski definition) is 5. The van der Waals surface area contributed by atoms with Gasteiger partial charge < -0.3 is 4.74 Å². The molecule has 3 rings (SSSR count). The van der Waals surface area contributed by atoms with Gasteiger partial charge in [0.05, 0.1) is 12.8 Å². The van der Waals surface area contributed by atoms with Crippen LogP contribution in [0, 0.1) is 16.7 Å². The first-order valence-corrected chi connectivity index (χ1v) is 9.41. The van der Waals surface area contributed by atoms with Crippen LogP contribution in [0.15, 0.2) is 46.8 Å². The Bertz CT molecular complexity index is 920. The Hall–Kier alpha value is -1.70. The second-order valence-corrected chi connectivity index (χ2v) is 7.93. The number of rotatable bonds is 5. The van der Waals surface area contributed by atoms with Crippen LogP contribution in [-0.2, 0) is 5.75 Å². The maximum atomic E-state index is 13.7. The van der Waals surface area contributed by atoms with Crippen molar-refractivity contribution in [3.05, 3.63) is 63.4 Å². The van der Waals surface area contributed by atoms with E-state index in [1.54, 1.807) is 22.5 Å². The van der Waals surface area contributed by atoms with E-state index in [1.807, 2.05) is 37.3 Å². The lowest BCUT2D eigenvalue weighted by Crippen LogP contribution is -1.98. The summed E-state index contributed by atoms with van der Waals surface area (Å²) in [6.07, 6.45) is 0. The third-order valence-electron chi connectivity index (χ3n) is 3.45. The fourth-order valence-electron chi connectivity index (χ4n) is 2.22. The molecule has 0 aliphatic heterocycles. The number of para-hydroxylation sites is 1. The van der Waals surface area contributed by atoms with E-state index in [0.717, 1.165) is 21.2 Å². The quantitative estimate of drug-likeness (QED) is 0.438. The Morgan fingerprint density at radius 1 is 1.29 bits per heavy atom. The zero-order chi connectivity index (χ0) is 17.1. The van der Waals surface area contributed by atoms with Gasteiger partial charge in [0.1, 0.15) is 0 Å². The van der Waals surface area contributed by atoms with Crippen LogP contribution in [0.3, 0.4) is 0 Å². The molecule has 2 aromatic carbocycles. The summed E-state index contributed by atoms with van der Waals surface area (Å²) in [6, 6.07) is 13.0. The van der Waals surface area contributed by atoms with Crippen molar-refractivity contribution in [3.8, 4) is 11.4 Å². The maximum Gasteiger partial charge on any atom is 0.184 e. The van der Waals surface area contributed by atoms with Crippen LogP contribution >= 0.6 is 35.3 Å². The van der Waals surface area contributed by atoms with E-state index in [1.165, 1.54) is 24.5 Å². The van der Waals surface area contributed by atoms with Crippen molar-refractivity contribution in [1.29, 1.82) is 0 Å². The average molecular weight is 379 g/mol. The summed E-state index contributed by atoms with van der Waals surface area (Å²) in [5.41, 5.74) is 2.98. The molecule has 0 bridgehead atoms. The Kier molecular flexibility index (Phi) is 5.33. The summed E-state index contributed by atoms with van der Waals surface area (Å²) in [5.74, 6) is 0.522. The van der Waals surface area contributed by atoms with Crippen molar-refractivity contribution in [3.63, 3.8) is 0 Å². The van der Waals surface area contributed by atoms with Gasteiger partial charge in [-0.3, -0.25) is 0 Å². The Balaban J connectivity index is 1.78. The molecule has 3 nitrogen and oxygen atoms in total. The van der Waals surface area contributed by atoms with Crippen molar-refractivity contribution in [2.45, 2.75) is 17.0 Å². The molecule has 0 radical (unpaired) electrons. The number of nitrogens with zero attached hydrogens (tertiary/aromatic N) is 2. The number of thioether (sulfide) groups is 1. The molecule has 0 spiro atoms. The van der Waals surface area contributed by atoms with Crippen LogP contribution in [0.4, 0.5) is 4.39 Å². The van der Waals surface area contributed by atoms with Gasteiger partial charge in [-0.2, -0.15) is 0 Å². The number of benzene rings is 2. The monoisotopic (exact) mass is 378 g/mol. The first-order chi connectivity index (χ1) is 11.6. The van der Waals surface area contributed by atoms with Crippen LogP contribution in [0.25, 0.3) is 5.69 Å². The molecule has 1 heterocycles. The summed E-state index contributed by atoms with van der Waals surface area (Å²) in [7, 11) is 1.46. The molecule has 3 aromatic rings.